The van der Waals surface area contributed by atoms with E-state index >= 15 is 0 Å². The molecule has 3 nitrogen and oxygen atoms in total. The van der Waals surface area contributed by atoms with Crippen LogP contribution in [0.4, 0.5) is 0 Å². The summed E-state index contributed by atoms with van der Waals surface area (Å²) in [4.78, 5) is 1.15. The third-order valence-electron chi connectivity index (χ3n) is 3.62. The van der Waals surface area contributed by atoms with Crippen LogP contribution in [0.3, 0.4) is 0 Å². The Morgan fingerprint density at radius 2 is 1.95 bits per heavy atom. The summed E-state index contributed by atoms with van der Waals surface area (Å²) in [6.45, 7) is 0.637. The molecule has 20 heavy (non-hydrogen) atoms. The van der Waals surface area contributed by atoms with Gasteiger partial charge in [0, 0.05) is 11.4 Å². The van der Waals surface area contributed by atoms with Crippen LogP contribution < -0.4 is 0 Å². The molecule has 1 aromatic carbocycles. The molecule has 3 rings (SSSR count). The van der Waals surface area contributed by atoms with Gasteiger partial charge >= 0.3 is 0 Å². The lowest BCUT2D eigenvalue weighted by Gasteiger charge is -2.23. The Morgan fingerprint density at radius 1 is 1.15 bits per heavy atom. The molecular formula is C15H17NO2S2. The molecular weight excluding hydrogens is 290 g/mol. The molecule has 2 heterocycles. The van der Waals surface area contributed by atoms with E-state index in [4.69, 9.17) is 0 Å². The molecule has 0 bridgehead atoms. The van der Waals surface area contributed by atoms with E-state index in [2.05, 4.69) is 0 Å². The van der Waals surface area contributed by atoms with Crippen LogP contribution in [-0.2, 0) is 15.8 Å². The smallest absolute Gasteiger partial charge is 0.212 e. The van der Waals surface area contributed by atoms with Crippen molar-refractivity contribution in [1.82, 2.24) is 4.31 Å². The van der Waals surface area contributed by atoms with Crippen LogP contribution in [0.15, 0.2) is 47.8 Å². The number of thiophene rings is 1. The molecule has 0 spiro atoms. The van der Waals surface area contributed by atoms with Crippen LogP contribution in [0.2, 0.25) is 0 Å². The predicted octanol–water partition coefficient (Wildman–Crippen LogP) is 3.42. The average Bonchev–Trinajstić information content (AvgIpc) is 3.10. The van der Waals surface area contributed by atoms with E-state index in [-0.39, 0.29) is 11.8 Å². The van der Waals surface area contributed by atoms with E-state index in [0.29, 0.717) is 6.54 Å². The SMILES string of the molecule is O=S(=O)(Cc1ccccc1)N1CCCC1c1cccs1. The minimum absolute atomic E-state index is 0.0312. The van der Waals surface area contributed by atoms with Crippen LogP contribution in [-0.4, -0.2) is 19.3 Å². The summed E-state index contributed by atoms with van der Waals surface area (Å²) >= 11 is 1.64. The first kappa shape index (κ1) is 13.8. The van der Waals surface area contributed by atoms with E-state index in [9.17, 15) is 8.42 Å². The zero-order valence-corrected chi connectivity index (χ0v) is 12.7. The van der Waals surface area contributed by atoms with Crippen molar-refractivity contribution >= 4 is 21.4 Å². The molecule has 0 N–H and O–H groups in total. The summed E-state index contributed by atoms with van der Waals surface area (Å²) in [7, 11) is -3.25. The Hall–Kier alpha value is -1.17. The highest BCUT2D eigenvalue weighted by molar-refractivity contribution is 7.88. The van der Waals surface area contributed by atoms with E-state index in [1.54, 1.807) is 15.6 Å². The average molecular weight is 307 g/mol. The predicted molar refractivity (Wildman–Crippen MR) is 82.1 cm³/mol. The molecule has 5 heteroatoms. The van der Waals surface area contributed by atoms with Gasteiger partial charge in [0.2, 0.25) is 10.0 Å². The molecule has 1 aliphatic rings. The standard InChI is InChI=1S/C15H17NO2S2/c17-20(18,12-13-6-2-1-3-7-13)16-10-4-8-14(16)15-9-5-11-19-15/h1-3,5-7,9,11,14H,4,8,10,12H2. The summed E-state index contributed by atoms with van der Waals surface area (Å²) in [6, 6.07) is 13.5. The Bertz CT molecular complexity index is 650. The second kappa shape index (κ2) is 5.68. The van der Waals surface area contributed by atoms with Crippen LogP contribution >= 0.6 is 11.3 Å². The van der Waals surface area contributed by atoms with Gasteiger partial charge in [0.05, 0.1) is 11.8 Å². The van der Waals surface area contributed by atoms with Gasteiger partial charge in [0.25, 0.3) is 0 Å². The van der Waals surface area contributed by atoms with Gasteiger partial charge in [-0.05, 0) is 29.9 Å². The third-order valence-corrected chi connectivity index (χ3v) is 6.45. The third kappa shape index (κ3) is 2.80. The van der Waals surface area contributed by atoms with Crippen LogP contribution in [0.1, 0.15) is 29.3 Å². The van der Waals surface area contributed by atoms with E-state index < -0.39 is 10.0 Å². The first-order chi connectivity index (χ1) is 9.67. The van der Waals surface area contributed by atoms with E-state index in [1.807, 2.05) is 47.8 Å². The Morgan fingerprint density at radius 3 is 2.65 bits per heavy atom. The molecule has 0 radical (unpaired) electrons. The monoisotopic (exact) mass is 307 g/mol. The Labute approximate surface area is 123 Å². The number of benzene rings is 1. The van der Waals surface area contributed by atoms with E-state index in [1.165, 1.54) is 0 Å². The van der Waals surface area contributed by atoms with Gasteiger partial charge in [0.15, 0.2) is 0 Å². The number of hydrogen-bond donors (Lipinski definition) is 0. The van der Waals surface area contributed by atoms with Crippen molar-refractivity contribution in [3.8, 4) is 0 Å². The lowest BCUT2D eigenvalue weighted by atomic mass is 10.2. The molecule has 0 aliphatic carbocycles. The van der Waals surface area contributed by atoms with Gasteiger partial charge in [-0.3, -0.25) is 0 Å². The summed E-state index contributed by atoms with van der Waals surface area (Å²) < 4.78 is 27.0. The van der Waals surface area contributed by atoms with Gasteiger partial charge in [-0.1, -0.05) is 36.4 Å². The zero-order chi connectivity index (χ0) is 14.0. The maximum absolute atomic E-state index is 12.6. The molecule has 1 aromatic heterocycles. The minimum Gasteiger partial charge on any atom is -0.212 e. The summed E-state index contributed by atoms with van der Waals surface area (Å²) in [6.07, 6.45) is 1.87. The van der Waals surface area contributed by atoms with Gasteiger partial charge in [-0.2, -0.15) is 4.31 Å². The van der Waals surface area contributed by atoms with Crippen LogP contribution in [0.5, 0.6) is 0 Å². The quantitative estimate of drug-likeness (QED) is 0.868. The maximum Gasteiger partial charge on any atom is 0.218 e. The summed E-state index contributed by atoms with van der Waals surface area (Å²) in [5.41, 5.74) is 0.851. The first-order valence-electron chi connectivity index (χ1n) is 6.74. The Balaban J connectivity index is 1.83. The van der Waals surface area contributed by atoms with Crippen molar-refractivity contribution < 1.29 is 8.42 Å². The molecule has 1 saturated heterocycles. The first-order valence-corrected chi connectivity index (χ1v) is 9.22. The summed E-state index contributed by atoms with van der Waals surface area (Å²) in [5, 5.41) is 2.01. The highest BCUT2D eigenvalue weighted by Gasteiger charge is 2.35. The highest BCUT2D eigenvalue weighted by Crippen LogP contribution is 2.37. The topological polar surface area (TPSA) is 37.4 Å². The largest absolute Gasteiger partial charge is 0.218 e. The zero-order valence-electron chi connectivity index (χ0n) is 11.1. The second-order valence-corrected chi connectivity index (χ2v) is 7.93. The fourth-order valence-corrected chi connectivity index (χ4v) is 5.44. The minimum atomic E-state index is -3.25. The van der Waals surface area contributed by atoms with E-state index in [0.717, 1.165) is 23.3 Å². The lowest BCUT2D eigenvalue weighted by Crippen LogP contribution is -2.31. The highest BCUT2D eigenvalue weighted by atomic mass is 32.2. The molecule has 1 aliphatic heterocycles. The summed E-state index contributed by atoms with van der Waals surface area (Å²) in [5.74, 6) is 0.0930. The molecule has 106 valence electrons. The van der Waals surface area contributed by atoms with Crippen molar-refractivity contribution in [2.24, 2.45) is 0 Å². The van der Waals surface area contributed by atoms with Gasteiger partial charge in [-0.25, -0.2) is 8.42 Å². The number of hydrogen-bond acceptors (Lipinski definition) is 3. The van der Waals surface area contributed by atoms with Gasteiger partial charge < -0.3 is 0 Å². The molecule has 0 saturated carbocycles. The molecule has 1 unspecified atom stereocenters. The van der Waals surface area contributed by atoms with Crippen molar-refractivity contribution in [3.05, 3.63) is 58.3 Å². The number of sulfonamides is 1. The van der Waals surface area contributed by atoms with Gasteiger partial charge in [0.1, 0.15) is 0 Å². The molecule has 0 amide bonds. The molecule has 2 aromatic rings. The fraction of sp³-hybridized carbons (Fsp3) is 0.333. The van der Waals surface area contributed by atoms with Crippen molar-refractivity contribution in [2.45, 2.75) is 24.6 Å². The lowest BCUT2D eigenvalue weighted by molar-refractivity contribution is 0.400. The molecule has 1 atom stereocenters. The maximum atomic E-state index is 12.6. The van der Waals surface area contributed by atoms with Crippen molar-refractivity contribution in [1.29, 1.82) is 0 Å². The van der Waals surface area contributed by atoms with Crippen molar-refractivity contribution in [3.63, 3.8) is 0 Å². The van der Waals surface area contributed by atoms with Gasteiger partial charge in [-0.15, -0.1) is 11.3 Å². The normalized spacial score (nSPS) is 20.3. The van der Waals surface area contributed by atoms with Crippen LogP contribution in [0.25, 0.3) is 0 Å². The molecule has 1 fully saturated rings. The second-order valence-electron chi connectivity index (χ2n) is 5.03. The fourth-order valence-electron chi connectivity index (χ4n) is 2.71. The number of rotatable bonds is 4. The van der Waals surface area contributed by atoms with Crippen molar-refractivity contribution in [2.75, 3.05) is 6.54 Å². The van der Waals surface area contributed by atoms with Crippen LogP contribution in [0, 0.1) is 0 Å². The number of nitrogens with zero attached hydrogens (tertiary/aromatic N) is 1. The Kier molecular flexibility index (Phi) is 3.92.